The Morgan fingerprint density at radius 2 is 1.50 bits per heavy atom. The van der Waals surface area contributed by atoms with Crippen LogP contribution in [-0.4, -0.2) is 53.5 Å². The molecule has 1 atom stereocenters. The molecule has 0 radical (unpaired) electrons. The highest BCUT2D eigenvalue weighted by atomic mass is 16.9. The molecule has 2 amide bonds. The van der Waals surface area contributed by atoms with Crippen molar-refractivity contribution in [3.8, 4) is 0 Å². The van der Waals surface area contributed by atoms with Gasteiger partial charge < -0.3 is 24.9 Å². The number of nitrogens with one attached hydrogen (secondary N) is 2. The number of carbonyl (C=O) groups excluding carboxylic acids is 3. The van der Waals surface area contributed by atoms with Crippen LogP contribution >= 0.6 is 0 Å². The highest BCUT2D eigenvalue weighted by molar-refractivity contribution is 5.83. The van der Waals surface area contributed by atoms with Gasteiger partial charge in [0.25, 0.3) is 5.09 Å². The summed E-state index contributed by atoms with van der Waals surface area (Å²) in [5.74, 6) is -1.07. The molecule has 0 aliphatic heterocycles. The van der Waals surface area contributed by atoms with E-state index in [0.29, 0.717) is 0 Å². The minimum Gasteiger partial charge on any atom is -0.458 e. The molecule has 0 aromatic carbocycles. The lowest BCUT2D eigenvalue weighted by Crippen LogP contribution is -2.46. The summed E-state index contributed by atoms with van der Waals surface area (Å²) in [7, 11) is 0. The standard InChI is InChI=1S/C19H35N3O8/c1-17(2,3)29-15(24)13(21-16(25)30-18(4,5)6)9-10-14(23)20-11-19(7,8)12-28-22(26)27/h13H,9-12H2,1-8H3,(H,20,23)(H,21,25)/t13-/m0/s1. The van der Waals surface area contributed by atoms with E-state index in [1.54, 1.807) is 55.4 Å². The molecule has 0 fully saturated rings. The van der Waals surface area contributed by atoms with Crippen molar-refractivity contribution in [1.29, 1.82) is 0 Å². The number of nitrogens with zero attached hydrogens (tertiary/aromatic N) is 1. The van der Waals surface area contributed by atoms with Crippen LogP contribution in [-0.2, 0) is 23.9 Å². The number of hydrogen-bond donors (Lipinski definition) is 2. The Morgan fingerprint density at radius 1 is 0.967 bits per heavy atom. The van der Waals surface area contributed by atoms with E-state index in [1.807, 2.05) is 0 Å². The smallest absolute Gasteiger partial charge is 0.408 e. The third-order valence-electron chi connectivity index (χ3n) is 3.37. The summed E-state index contributed by atoms with van der Waals surface area (Å²) in [5.41, 5.74) is -2.19. The van der Waals surface area contributed by atoms with E-state index in [0.717, 1.165) is 0 Å². The summed E-state index contributed by atoms with van der Waals surface area (Å²) >= 11 is 0. The van der Waals surface area contributed by atoms with Gasteiger partial charge in [0.1, 0.15) is 23.9 Å². The van der Waals surface area contributed by atoms with Crippen LogP contribution in [0.5, 0.6) is 0 Å². The summed E-state index contributed by atoms with van der Waals surface area (Å²) in [6.07, 6.45) is -0.880. The van der Waals surface area contributed by atoms with Crippen molar-refractivity contribution in [2.45, 2.75) is 85.5 Å². The monoisotopic (exact) mass is 433 g/mol. The molecule has 0 aliphatic rings. The second kappa shape index (κ2) is 11.0. The van der Waals surface area contributed by atoms with Crippen LogP contribution in [0, 0.1) is 15.5 Å². The van der Waals surface area contributed by atoms with Gasteiger partial charge in [-0.2, -0.15) is 0 Å². The van der Waals surface area contributed by atoms with Crippen LogP contribution in [0.25, 0.3) is 0 Å². The van der Waals surface area contributed by atoms with Crippen molar-refractivity contribution in [3.05, 3.63) is 10.1 Å². The van der Waals surface area contributed by atoms with Gasteiger partial charge in [-0.1, -0.05) is 13.8 Å². The topological polar surface area (TPSA) is 146 Å². The molecule has 174 valence electrons. The van der Waals surface area contributed by atoms with E-state index < -0.39 is 39.8 Å². The maximum Gasteiger partial charge on any atom is 0.408 e. The van der Waals surface area contributed by atoms with Crippen molar-refractivity contribution in [3.63, 3.8) is 0 Å². The minimum absolute atomic E-state index is 0.00812. The molecule has 0 aliphatic carbocycles. The zero-order chi connectivity index (χ0) is 23.8. The Hall–Kier alpha value is -2.59. The zero-order valence-corrected chi connectivity index (χ0v) is 19.1. The number of amides is 2. The molecular formula is C19H35N3O8. The van der Waals surface area contributed by atoms with Crippen LogP contribution in [0.1, 0.15) is 68.2 Å². The molecule has 0 saturated carbocycles. The lowest BCUT2D eigenvalue weighted by Gasteiger charge is -2.26. The molecule has 0 spiro atoms. The molecule has 11 nitrogen and oxygen atoms in total. The lowest BCUT2D eigenvalue weighted by molar-refractivity contribution is -0.760. The maximum absolute atomic E-state index is 12.4. The maximum atomic E-state index is 12.4. The van der Waals surface area contributed by atoms with E-state index >= 15 is 0 Å². The second-order valence-electron chi connectivity index (χ2n) is 9.71. The third-order valence-corrected chi connectivity index (χ3v) is 3.37. The number of alkyl carbamates (subject to hydrolysis) is 1. The van der Waals surface area contributed by atoms with E-state index in [1.165, 1.54) is 0 Å². The van der Waals surface area contributed by atoms with Crippen LogP contribution in [0.2, 0.25) is 0 Å². The fraction of sp³-hybridized carbons (Fsp3) is 0.842. The molecule has 11 heteroatoms. The van der Waals surface area contributed by atoms with E-state index in [2.05, 4.69) is 15.5 Å². The van der Waals surface area contributed by atoms with Gasteiger partial charge in [-0.25, -0.2) is 9.59 Å². The molecule has 30 heavy (non-hydrogen) atoms. The van der Waals surface area contributed by atoms with Gasteiger partial charge in [0.05, 0.1) is 0 Å². The molecule has 0 aromatic heterocycles. The Morgan fingerprint density at radius 3 is 1.97 bits per heavy atom. The predicted octanol–water partition coefficient (Wildman–Crippen LogP) is 2.35. The summed E-state index contributed by atoms with van der Waals surface area (Å²) in [6, 6.07) is -1.07. The van der Waals surface area contributed by atoms with Gasteiger partial charge in [0.15, 0.2) is 0 Å². The first-order valence-corrected chi connectivity index (χ1v) is 9.67. The van der Waals surface area contributed by atoms with E-state index in [9.17, 15) is 24.5 Å². The molecular weight excluding hydrogens is 398 g/mol. The van der Waals surface area contributed by atoms with Crippen molar-refractivity contribution in [2.75, 3.05) is 13.2 Å². The predicted molar refractivity (Wildman–Crippen MR) is 108 cm³/mol. The Bertz CT molecular complexity index is 620. The molecule has 0 bridgehead atoms. The van der Waals surface area contributed by atoms with E-state index in [-0.39, 0.29) is 31.9 Å². The fourth-order valence-corrected chi connectivity index (χ4v) is 2.05. The molecule has 0 rings (SSSR count). The number of rotatable bonds is 10. The molecule has 0 heterocycles. The van der Waals surface area contributed by atoms with Gasteiger partial charge in [-0.15, -0.1) is 10.1 Å². The lowest BCUT2D eigenvalue weighted by atomic mass is 9.95. The Labute approximate surface area is 177 Å². The van der Waals surface area contributed by atoms with Gasteiger partial charge >= 0.3 is 12.1 Å². The van der Waals surface area contributed by atoms with Crippen LogP contribution in [0.3, 0.4) is 0 Å². The summed E-state index contributed by atoms with van der Waals surface area (Å²) < 4.78 is 10.5. The van der Waals surface area contributed by atoms with Crippen molar-refractivity contribution in [2.24, 2.45) is 5.41 Å². The Kier molecular flexibility index (Phi) is 10.0. The first kappa shape index (κ1) is 27.4. The summed E-state index contributed by atoms with van der Waals surface area (Å²) in [4.78, 5) is 51.3. The van der Waals surface area contributed by atoms with Gasteiger partial charge in [0, 0.05) is 18.4 Å². The molecule has 0 aromatic rings. The molecule has 2 N–H and O–H groups in total. The SMILES string of the molecule is CC(C)(CNC(=O)CC[C@H](NC(=O)OC(C)(C)C)C(=O)OC(C)(C)C)CO[N+](=O)[O-]. The minimum atomic E-state index is -1.07. The summed E-state index contributed by atoms with van der Waals surface area (Å²) in [6.45, 7) is 13.5. The largest absolute Gasteiger partial charge is 0.458 e. The van der Waals surface area contributed by atoms with Gasteiger partial charge in [0.2, 0.25) is 5.91 Å². The first-order valence-electron chi connectivity index (χ1n) is 9.67. The van der Waals surface area contributed by atoms with E-state index in [4.69, 9.17) is 9.47 Å². The van der Waals surface area contributed by atoms with Gasteiger partial charge in [-0.3, -0.25) is 4.79 Å². The average molecular weight is 434 g/mol. The third kappa shape index (κ3) is 14.4. The van der Waals surface area contributed by atoms with Crippen molar-refractivity contribution < 1.29 is 33.8 Å². The van der Waals surface area contributed by atoms with Crippen molar-refractivity contribution >= 4 is 18.0 Å². The summed E-state index contributed by atoms with van der Waals surface area (Å²) in [5, 5.41) is 14.5. The number of carbonyl (C=O) groups is 3. The highest BCUT2D eigenvalue weighted by Gasteiger charge is 2.29. The quantitative estimate of drug-likeness (QED) is 0.303. The van der Waals surface area contributed by atoms with Crippen molar-refractivity contribution in [1.82, 2.24) is 10.6 Å². The number of ether oxygens (including phenoxy) is 2. The highest BCUT2D eigenvalue weighted by Crippen LogP contribution is 2.15. The number of hydrogen-bond acceptors (Lipinski definition) is 8. The second-order valence-corrected chi connectivity index (χ2v) is 9.71. The van der Waals surface area contributed by atoms with Crippen LogP contribution in [0.15, 0.2) is 0 Å². The average Bonchev–Trinajstić information content (AvgIpc) is 2.51. The normalized spacial score (nSPS) is 13.1. The molecule has 0 saturated heterocycles. The van der Waals surface area contributed by atoms with Crippen LogP contribution in [0.4, 0.5) is 4.79 Å². The fourth-order valence-electron chi connectivity index (χ4n) is 2.05. The van der Waals surface area contributed by atoms with Gasteiger partial charge in [-0.05, 0) is 48.0 Å². The zero-order valence-electron chi connectivity index (χ0n) is 19.1. The Balaban J connectivity index is 4.86. The van der Waals surface area contributed by atoms with Crippen LogP contribution < -0.4 is 10.6 Å². The molecule has 0 unspecified atom stereocenters. The number of esters is 1. The first-order chi connectivity index (χ1) is 13.4.